The Morgan fingerprint density at radius 3 is 2.64 bits per heavy atom. The van der Waals surface area contributed by atoms with E-state index in [4.69, 9.17) is 0 Å². The van der Waals surface area contributed by atoms with Gasteiger partial charge >= 0.3 is 0 Å². The summed E-state index contributed by atoms with van der Waals surface area (Å²) in [7, 11) is 0. The standard InChI is InChI=1S/C10H10BrF2N/c1-3-6(2)14-10-4-7(11)8(12)5-9(10)13/h3-6,14H,1H2,2H3. The summed E-state index contributed by atoms with van der Waals surface area (Å²) in [5, 5.41) is 2.84. The summed E-state index contributed by atoms with van der Waals surface area (Å²) in [4.78, 5) is 0. The predicted octanol–water partition coefficient (Wildman–Crippen LogP) is 3.71. The maximum atomic E-state index is 13.2. The lowest BCUT2D eigenvalue weighted by molar-refractivity contribution is 0.580. The van der Waals surface area contributed by atoms with Crippen LogP contribution in [0.5, 0.6) is 0 Å². The molecular formula is C10H10BrF2N. The van der Waals surface area contributed by atoms with Crippen LogP contribution < -0.4 is 5.32 Å². The molecule has 76 valence electrons. The Morgan fingerprint density at radius 1 is 1.43 bits per heavy atom. The summed E-state index contributed by atoms with van der Waals surface area (Å²) in [6.45, 7) is 5.38. The molecule has 1 N–H and O–H groups in total. The molecule has 1 atom stereocenters. The van der Waals surface area contributed by atoms with Crippen LogP contribution >= 0.6 is 15.9 Å². The van der Waals surface area contributed by atoms with Gasteiger partial charge in [-0.25, -0.2) is 8.78 Å². The number of hydrogen-bond donors (Lipinski definition) is 1. The number of benzene rings is 1. The molecule has 4 heteroatoms. The Balaban J connectivity index is 2.97. The highest BCUT2D eigenvalue weighted by atomic mass is 79.9. The smallest absolute Gasteiger partial charge is 0.149 e. The quantitative estimate of drug-likeness (QED) is 0.646. The molecule has 0 saturated carbocycles. The van der Waals surface area contributed by atoms with Crippen molar-refractivity contribution in [2.75, 3.05) is 5.32 Å². The summed E-state index contributed by atoms with van der Waals surface area (Å²) in [5.41, 5.74) is 0.255. The third kappa shape index (κ3) is 2.54. The molecule has 0 fully saturated rings. The largest absolute Gasteiger partial charge is 0.377 e. The van der Waals surface area contributed by atoms with Crippen molar-refractivity contribution in [1.82, 2.24) is 0 Å². The van der Waals surface area contributed by atoms with Gasteiger partial charge in [0.25, 0.3) is 0 Å². The normalized spacial score (nSPS) is 12.3. The van der Waals surface area contributed by atoms with Crippen molar-refractivity contribution >= 4 is 21.6 Å². The second-order valence-corrected chi connectivity index (χ2v) is 3.77. The van der Waals surface area contributed by atoms with Gasteiger partial charge in [0.1, 0.15) is 11.6 Å². The minimum atomic E-state index is -0.612. The number of anilines is 1. The number of hydrogen-bond acceptors (Lipinski definition) is 1. The Hall–Kier alpha value is -0.900. The van der Waals surface area contributed by atoms with Crippen molar-refractivity contribution in [2.24, 2.45) is 0 Å². The Morgan fingerprint density at radius 2 is 2.07 bits per heavy atom. The lowest BCUT2D eigenvalue weighted by Crippen LogP contribution is -2.12. The molecule has 0 aromatic heterocycles. The van der Waals surface area contributed by atoms with E-state index in [1.807, 2.05) is 6.92 Å². The Labute approximate surface area is 90.0 Å². The first-order chi connectivity index (χ1) is 6.54. The maximum absolute atomic E-state index is 13.2. The second-order valence-electron chi connectivity index (χ2n) is 2.91. The highest BCUT2D eigenvalue weighted by Gasteiger charge is 2.08. The molecule has 0 saturated heterocycles. The van der Waals surface area contributed by atoms with Crippen LogP contribution in [0.25, 0.3) is 0 Å². The topological polar surface area (TPSA) is 12.0 Å². The first-order valence-electron chi connectivity index (χ1n) is 4.08. The van der Waals surface area contributed by atoms with Crippen molar-refractivity contribution in [1.29, 1.82) is 0 Å². The van der Waals surface area contributed by atoms with E-state index in [-0.39, 0.29) is 16.2 Å². The van der Waals surface area contributed by atoms with E-state index in [0.717, 1.165) is 6.07 Å². The van der Waals surface area contributed by atoms with Crippen LogP contribution in [0.2, 0.25) is 0 Å². The summed E-state index contributed by atoms with van der Waals surface area (Å²) in [6, 6.07) is 2.13. The highest BCUT2D eigenvalue weighted by molar-refractivity contribution is 9.10. The van der Waals surface area contributed by atoms with Gasteiger partial charge in [-0.1, -0.05) is 6.08 Å². The fraction of sp³-hybridized carbons (Fsp3) is 0.200. The molecule has 1 unspecified atom stereocenters. The third-order valence-electron chi connectivity index (χ3n) is 1.75. The minimum absolute atomic E-state index is 0.0677. The fourth-order valence-corrected chi connectivity index (χ4v) is 1.28. The lowest BCUT2D eigenvalue weighted by Gasteiger charge is -2.12. The van der Waals surface area contributed by atoms with E-state index in [2.05, 4.69) is 27.8 Å². The summed E-state index contributed by atoms with van der Waals surface area (Å²) in [6.07, 6.45) is 1.64. The zero-order valence-electron chi connectivity index (χ0n) is 7.65. The molecule has 14 heavy (non-hydrogen) atoms. The third-order valence-corrected chi connectivity index (χ3v) is 2.35. The van der Waals surface area contributed by atoms with Gasteiger partial charge in [-0.15, -0.1) is 6.58 Å². The monoisotopic (exact) mass is 261 g/mol. The van der Waals surface area contributed by atoms with Crippen LogP contribution in [0.1, 0.15) is 6.92 Å². The van der Waals surface area contributed by atoms with Gasteiger partial charge in [0.2, 0.25) is 0 Å². The molecule has 1 aromatic carbocycles. The van der Waals surface area contributed by atoms with E-state index in [1.165, 1.54) is 6.07 Å². The Kier molecular flexibility index (Phi) is 3.63. The van der Waals surface area contributed by atoms with Gasteiger partial charge in [-0.2, -0.15) is 0 Å². The molecule has 1 aromatic rings. The van der Waals surface area contributed by atoms with Crippen LogP contribution in [0.15, 0.2) is 29.3 Å². The van der Waals surface area contributed by atoms with Crippen molar-refractivity contribution in [2.45, 2.75) is 13.0 Å². The molecular weight excluding hydrogens is 252 g/mol. The zero-order chi connectivity index (χ0) is 10.7. The Bertz CT molecular complexity index is 352. The van der Waals surface area contributed by atoms with E-state index in [1.54, 1.807) is 6.08 Å². The predicted molar refractivity (Wildman–Crippen MR) is 57.3 cm³/mol. The van der Waals surface area contributed by atoms with Crippen molar-refractivity contribution in [3.05, 3.63) is 40.9 Å². The van der Waals surface area contributed by atoms with Crippen LogP contribution in [0.4, 0.5) is 14.5 Å². The zero-order valence-corrected chi connectivity index (χ0v) is 9.24. The molecule has 1 rings (SSSR count). The SMILES string of the molecule is C=CC(C)Nc1cc(Br)c(F)cc1F. The van der Waals surface area contributed by atoms with Crippen LogP contribution in [-0.4, -0.2) is 6.04 Å². The lowest BCUT2D eigenvalue weighted by atomic mass is 10.2. The molecule has 0 heterocycles. The molecule has 1 nitrogen and oxygen atoms in total. The van der Waals surface area contributed by atoms with Gasteiger partial charge in [0.15, 0.2) is 0 Å². The van der Waals surface area contributed by atoms with E-state index < -0.39 is 11.6 Å². The molecule has 0 aliphatic rings. The first-order valence-corrected chi connectivity index (χ1v) is 4.87. The van der Waals surface area contributed by atoms with Gasteiger partial charge < -0.3 is 5.32 Å². The number of nitrogens with one attached hydrogen (secondary N) is 1. The van der Waals surface area contributed by atoms with Crippen molar-refractivity contribution in [3.63, 3.8) is 0 Å². The molecule has 0 aliphatic carbocycles. The second kappa shape index (κ2) is 4.55. The van der Waals surface area contributed by atoms with Gasteiger partial charge in [-0.3, -0.25) is 0 Å². The first kappa shape index (κ1) is 11.2. The molecule has 0 radical (unpaired) electrons. The van der Waals surface area contributed by atoms with Crippen LogP contribution in [0, 0.1) is 11.6 Å². The average Bonchev–Trinajstić information content (AvgIpc) is 2.14. The molecule has 0 aliphatic heterocycles. The number of rotatable bonds is 3. The minimum Gasteiger partial charge on any atom is -0.377 e. The van der Waals surface area contributed by atoms with Crippen molar-refractivity contribution in [3.8, 4) is 0 Å². The summed E-state index contributed by atoms with van der Waals surface area (Å²) >= 11 is 2.98. The van der Waals surface area contributed by atoms with E-state index in [0.29, 0.717) is 0 Å². The fourth-order valence-electron chi connectivity index (χ4n) is 0.937. The summed E-state index contributed by atoms with van der Waals surface area (Å²) in [5.74, 6) is -1.22. The van der Waals surface area contributed by atoms with Crippen LogP contribution in [-0.2, 0) is 0 Å². The van der Waals surface area contributed by atoms with Gasteiger partial charge in [0.05, 0.1) is 10.2 Å². The molecule has 0 bridgehead atoms. The van der Waals surface area contributed by atoms with Crippen LogP contribution in [0.3, 0.4) is 0 Å². The van der Waals surface area contributed by atoms with E-state index >= 15 is 0 Å². The average molecular weight is 262 g/mol. The summed E-state index contributed by atoms with van der Waals surface area (Å²) < 4.78 is 26.2. The highest BCUT2D eigenvalue weighted by Crippen LogP contribution is 2.24. The number of halogens is 3. The molecule has 0 spiro atoms. The molecule has 0 amide bonds. The van der Waals surface area contributed by atoms with Gasteiger partial charge in [-0.05, 0) is 28.9 Å². The van der Waals surface area contributed by atoms with Gasteiger partial charge in [0, 0.05) is 12.1 Å². The van der Waals surface area contributed by atoms with Crippen molar-refractivity contribution < 1.29 is 8.78 Å². The maximum Gasteiger partial charge on any atom is 0.149 e. The van der Waals surface area contributed by atoms with E-state index in [9.17, 15) is 8.78 Å².